The first-order valence-electron chi connectivity index (χ1n) is 11.9. The second-order valence-corrected chi connectivity index (χ2v) is 9.16. The van der Waals surface area contributed by atoms with Crippen LogP contribution in [0.4, 0.5) is 5.69 Å². The fraction of sp³-hybridized carbons (Fsp3) is 0.200. The maximum atomic E-state index is 11.5. The van der Waals surface area contributed by atoms with Crippen LogP contribution in [0.15, 0.2) is 79.1 Å². The van der Waals surface area contributed by atoms with E-state index in [0.29, 0.717) is 12.2 Å². The normalized spacial score (nSPS) is 14.9. The number of carboxylic acid groups (broad SMARTS) is 1. The van der Waals surface area contributed by atoms with Gasteiger partial charge in [-0.2, -0.15) is 0 Å². The maximum Gasteiger partial charge on any atom is 0.337 e. The Balaban J connectivity index is 1.41. The van der Waals surface area contributed by atoms with Crippen molar-refractivity contribution < 1.29 is 14.6 Å². The van der Waals surface area contributed by atoms with Crippen LogP contribution in [0, 0.1) is 6.92 Å². The number of rotatable bonds is 7. The van der Waals surface area contributed by atoms with Crippen LogP contribution in [0.3, 0.4) is 0 Å². The zero-order chi connectivity index (χ0) is 25.2. The molecule has 4 aromatic rings. The summed E-state index contributed by atoms with van der Waals surface area (Å²) in [7, 11) is 3.78. The second kappa shape index (κ2) is 9.84. The predicted octanol–water partition coefficient (Wildman–Crippen LogP) is 6.03. The highest BCUT2D eigenvalue weighted by Gasteiger charge is 2.28. The standard InChI is InChI=1S/C30H29N3O3/c1-19-24(20-7-10-23(36-3)11-8-20)5-4-6-25(19)21-9-12-26-22(15-21)18-33(2)29(26)17-32-28-16-31-14-13-27(28)30(34)35/h4-16,29,32H,17-18H2,1-3H3,(H,34,35)/t29-/m1/s1. The molecule has 2 heterocycles. The number of carboxylic acids is 1. The zero-order valence-corrected chi connectivity index (χ0v) is 20.7. The first-order valence-corrected chi connectivity index (χ1v) is 11.9. The van der Waals surface area contributed by atoms with Gasteiger partial charge in [0.1, 0.15) is 5.75 Å². The Bertz CT molecular complexity index is 1420. The van der Waals surface area contributed by atoms with Gasteiger partial charge < -0.3 is 15.2 Å². The van der Waals surface area contributed by atoms with Gasteiger partial charge in [0.25, 0.3) is 0 Å². The van der Waals surface area contributed by atoms with E-state index < -0.39 is 5.97 Å². The molecule has 6 heteroatoms. The van der Waals surface area contributed by atoms with Gasteiger partial charge in [-0.1, -0.05) is 42.5 Å². The lowest BCUT2D eigenvalue weighted by Gasteiger charge is -2.22. The lowest BCUT2D eigenvalue weighted by molar-refractivity contribution is 0.0697. The van der Waals surface area contributed by atoms with Gasteiger partial charge in [0.2, 0.25) is 0 Å². The molecule has 0 amide bonds. The van der Waals surface area contributed by atoms with Gasteiger partial charge in [-0.15, -0.1) is 0 Å². The van der Waals surface area contributed by atoms with E-state index in [9.17, 15) is 9.90 Å². The van der Waals surface area contributed by atoms with Gasteiger partial charge in [-0.3, -0.25) is 9.88 Å². The van der Waals surface area contributed by atoms with E-state index in [-0.39, 0.29) is 11.6 Å². The molecule has 1 aliphatic rings. The highest BCUT2D eigenvalue weighted by Crippen LogP contribution is 2.38. The number of methoxy groups -OCH3 is 1. The van der Waals surface area contributed by atoms with E-state index in [2.05, 4.69) is 77.7 Å². The number of nitrogens with one attached hydrogen (secondary N) is 1. The molecule has 2 N–H and O–H groups in total. The van der Waals surface area contributed by atoms with Crippen molar-refractivity contribution in [1.29, 1.82) is 0 Å². The maximum absolute atomic E-state index is 11.5. The number of aromatic nitrogens is 1. The van der Waals surface area contributed by atoms with Crippen molar-refractivity contribution in [3.63, 3.8) is 0 Å². The van der Waals surface area contributed by atoms with Crippen molar-refractivity contribution in [2.75, 3.05) is 26.0 Å². The van der Waals surface area contributed by atoms with Gasteiger partial charge in [0.15, 0.2) is 0 Å². The van der Waals surface area contributed by atoms with Crippen molar-refractivity contribution >= 4 is 11.7 Å². The van der Waals surface area contributed by atoms with Crippen molar-refractivity contribution in [2.24, 2.45) is 0 Å². The van der Waals surface area contributed by atoms with Crippen LogP contribution in [-0.4, -0.2) is 41.7 Å². The topological polar surface area (TPSA) is 74.7 Å². The molecule has 0 saturated carbocycles. The summed E-state index contributed by atoms with van der Waals surface area (Å²) in [4.78, 5) is 17.9. The molecule has 3 aromatic carbocycles. The van der Waals surface area contributed by atoms with E-state index in [1.54, 1.807) is 13.3 Å². The van der Waals surface area contributed by atoms with Crippen LogP contribution in [0.25, 0.3) is 22.3 Å². The van der Waals surface area contributed by atoms with Crippen LogP contribution >= 0.6 is 0 Å². The van der Waals surface area contributed by atoms with Crippen LogP contribution < -0.4 is 10.1 Å². The molecule has 1 aliphatic heterocycles. The molecule has 5 rings (SSSR count). The Labute approximate surface area is 211 Å². The fourth-order valence-corrected chi connectivity index (χ4v) is 5.08. The number of pyridine rings is 1. The molecular formula is C30H29N3O3. The molecule has 0 fully saturated rings. The third-order valence-electron chi connectivity index (χ3n) is 7.04. The molecule has 1 aromatic heterocycles. The number of hydrogen-bond acceptors (Lipinski definition) is 5. The van der Waals surface area contributed by atoms with Gasteiger partial charge in [0.05, 0.1) is 30.6 Å². The summed E-state index contributed by atoms with van der Waals surface area (Å²) in [5.74, 6) is -0.112. The minimum absolute atomic E-state index is 0.141. The number of likely N-dealkylation sites (N-methyl/N-ethyl adjacent to an activating group) is 1. The van der Waals surface area contributed by atoms with Crippen LogP contribution in [0.5, 0.6) is 5.75 Å². The molecule has 0 bridgehead atoms. The number of fused-ring (bicyclic) bond motifs is 1. The highest BCUT2D eigenvalue weighted by atomic mass is 16.5. The van der Waals surface area contributed by atoms with Crippen molar-refractivity contribution in [1.82, 2.24) is 9.88 Å². The largest absolute Gasteiger partial charge is 0.497 e. The van der Waals surface area contributed by atoms with E-state index in [1.165, 1.54) is 51.2 Å². The van der Waals surface area contributed by atoms with Gasteiger partial charge in [-0.25, -0.2) is 4.79 Å². The summed E-state index contributed by atoms with van der Waals surface area (Å²) in [5.41, 5.74) is 9.35. The van der Waals surface area contributed by atoms with Gasteiger partial charge in [-0.05, 0) is 77.2 Å². The molecule has 0 unspecified atom stereocenters. The highest BCUT2D eigenvalue weighted by molar-refractivity contribution is 5.93. The third-order valence-corrected chi connectivity index (χ3v) is 7.04. The Morgan fingerprint density at radius 1 is 1.08 bits per heavy atom. The van der Waals surface area contributed by atoms with E-state index >= 15 is 0 Å². The number of benzene rings is 3. The fourth-order valence-electron chi connectivity index (χ4n) is 5.08. The smallest absolute Gasteiger partial charge is 0.337 e. The minimum atomic E-state index is -0.961. The molecule has 182 valence electrons. The second-order valence-electron chi connectivity index (χ2n) is 9.16. The van der Waals surface area contributed by atoms with Crippen LogP contribution in [-0.2, 0) is 6.54 Å². The number of hydrogen-bond donors (Lipinski definition) is 2. The van der Waals surface area contributed by atoms with Gasteiger partial charge >= 0.3 is 5.97 Å². The minimum Gasteiger partial charge on any atom is -0.497 e. The number of nitrogens with zero attached hydrogens (tertiary/aromatic N) is 2. The molecule has 0 saturated heterocycles. The summed E-state index contributed by atoms with van der Waals surface area (Å²) < 4.78 is 5.31. The van der Waals surface area contributed by atoms with E-state index in [1.807, 2.05) is 12.1 Å². The Morgan fingerprint density at radius 3 is 2.53 bits per heavy atom. The number of aromatic carboxylic acids is 1. The van der Waals surface area contributed by atoms with Crippen LogP contribution in [0.1, 0.15) is 33.1 Å². The monoisotopic (exact) mass is 479 g/mol. The molecule has 36 heavy (non-hydrogen) atoms. The molecular weight excluding hydrogens is 450 g/mol. The predicted molar refractivity (Wildman–Crippen MR) is 142 cm³/mol. The average molecular weight is 480 g/mol. The van der Waals surface area contributed by atoms with Crippen LogP contribution in [0.2, 0.25) is 0 Å². The molecule has 0 spiro atoms. The summed E-state index contributed by atoms with van der Waals surface area (Å²) >= 11 is 0. The first-order chi connectivity index (χ1) is 17.5. The molecule has 0 radical (unpaired) electrons. The molecule has 6 nitrogen and oxygen atoms in total. The van der Waals surface area contributed by atoms with E-state index in [4.69, 9.17) is 4.74 Å². The quantitative estimate of drug-likeness (QED) is 0.337. The summed E-state index contributed by atoms with van der Waals surface area (Å²) in [6.45, 7) is 3.61. The van der Waals surface area contributed by atoms with Gasteiger partial charge in [0, 0.05) is 19.3 Å². The van der Waals surface area contributed by atoms with Crippen molar-refractivity contribution in [3.05, 3.63) is 101 Å². The Hall–Kier alpha value is -4.16. The molecule has 0 aliphatic carbocycles. The summed E-state index contributed by atoms with van der Waals surface area (Å²) in [6.07, 6.45) is 3.07. The van der Waals surface area contributed by atoms with E-state index in [0.717, 1.165) is 12.3 Å². The number of carbonyl (C=O) groups is 1. The molecule has 1 atom stereocenters. The number of anilines is 1. The summed E-state index contributed by atoms with van der Waals surface area (Å²) in [5, 5.41) is 12.8. The SMILES string of the molecule is COc1ccc(-c2cccc(-c3ccc4c(c3)CN(C)[C@@H]4CNc3cnccc3C(=O)O)c2C)cc1. The Kier molecular flexibility index (Phi) is 6.44. The Morgan fingerprint density at radius 2 is 1.81 bits per heavy atom. The first kappa shape index (κ1) is 23.6. The number of ether oxygens (including phenoxy) is 1. The lowest BCUT2D eigenvalue weighted by atomic mass is 9.91. The third kappa shape index (κ3) is 4.43. The van der Waals surface area contributed by atoms with Crippen molar-refractivity contribution in [2.45, 2.75) is 19.5 Å². The average Bonchev–Trinajstić information content (AvgIpc) is 3.21. The zero-order valence-electron chi connectivity index (χ0n) is 20.7. The van der Waals surface area contributed by atoms with Crippen molar-refractivity contribution in [3.8, 4) is 28.0 Å². The summed E-state index contributed by atoms with van der Waals surface area (Å²) in [6, 6.07) is 23.0. The lowest BCUT2D eigenvalue weighted by Crippen LogP contribution is -2.24.